The Labute approximate surface area is 134 Å². The van der Waals surface area contributed by atoms with Gasteiger partial charge in [-0.1, -0.05) is 57.3 Å². The number of halogens is 3. The number of carbonyl (C=O) groups excluding carboxylic acids is 1. The maximum atomic E-state index is 12.3. The maximum absolute atomic E-state index is 12.3. The Balaban J connectivity index is 2.21. The zero-order chi connectivity index (χ0) is 14.7. The first-order chi connectivity index (χ1) is 9.49. The van der Waals surface area contributed by atoms with E-state index in [9.17, 15) is 4.79 Å². The molecule has 0 radical (unpaired) electrons. The Morgan fingerprint density at radius 2 is 2.00 bits per heavy atom. The van der Waals surface area contributed by atoms with Crippen LogP contribution in [0.5, 0.6) is 0 Å². The van der Waals surface area contributed by atoms with Gasteiger partial charge in [0.05, 0.1) is 5.56 Å². The molecule has 0 aliphatic heterocycles. The van der Waals surface area contributed by atoms with E-state index in [-0.39, 0.29) is 21.8 Å². The minimum Gasteiger partial charge on any atom is -0.337 e. The second kappa shape index (κ2) is 6.52. The molecular weight excluding hydrogens is 365 g/mol. The zero-order valence-electron chi connectivity index (χ0n) is 10.5. The molecule has 0 unspecified atom stereocenters. The highest BCUT2D eigenvalue weighted by Crippen LogP contribution is 2.20. The van der Waals surface area contributed by atoms with Gasteiger partial charge in [-0.15, -0.1) is 10.2 Å². The number of hydrogen-bond donors (Lipinski definition) is 0. The second-order valence-electron chi connectivity index (χ2n) is 4.12. The third-order valence-corrected chi connectivity index (χ3v) is 3.90. The van der Waals surface area contributed by atoms with E-state index in [0.717, 1.165) is 10.0 Å². The van der Waals surface area contributed by atoms with Gasteiger partial charge in [0, 0.05) is 18.1 Å². The number of rotatable bonds is 3. The van der Waals surface area contributed by atoms with Crippen LogP contribution in [0.3, 0.4) is 0 Å². The van der Waals surface area contributed by atoms with Crippen molar-refractivity contribution in [2.24, 2.45) is 0 Å². The van der Waals surface area contributed by atoms with Crippen LogP contribution in [0.15, 0.2) is 34.8 Å². The fourth-order valence-corrected chi connectivity index (χ4v) is 2.39. The van der Waals surface area contributed by atoms with E-state index in [2.05, 4.69) is 26.1 Å². The molecular formula is C13H10BrCl2N3O. The minimum absolute atomic E-state index is 0.0402. The fourth-order valence-electron chi connectivity index (χ4n) is 1.66. The van der Waals surface area contributed by atoms with Crippen LogP contribution in [0.4, 0.5) is 0 Å². The summed E-state index contributed by atoms with van der Waals surface area (Å²) >= 11 is 15.1. The topological polar surface area (TPSA) is 46.1 Å². The number of nitrogens with zero attached hydrogens (tertiary/aromatic N) is 3. The summed E-state index contributed by atoms with van der Waals surface area (Å²) in [7, 11) is 1.69. The van der Waals surface area contributed by atoms with Gasteiger partial charge < -0.3 is 4.90 Å². The van der Waals surface area contributed by atoms with Crippen molar-refractivity contribution in [2.45, 2.75) is 6.54 Å². The molecule has 104 valence electrons. The fraction of sp³-hybridized carbons (Fsp3) is 0.154. The van der Waals surface area contributed by atoms with E-state index in [1.54, 1.807) is 11.9 Å². The summed E-state index contributed by atoms with van der Waals surface area (Å²) in [5.41, 5.74) is 1.23. The third-order valence-electron chi connectivity index (χ3n) is 2.66. The van der Waals surface area contributed by atoms with Crippen molar-refractivity contribution in [3.05, 3.63) is 56.2 Å². The minimum atomic E-state index is -0.262. The Bertz CT molecular complexity index is 651. The molecule has 20 heavy (non-hydrogen) atoms. The van der Waals surface area contributed by atoms with Crippen LogP contribution in [0.1, 0.15) is 15.9 Å². The number of amides is 1. The van der Waals surface area contributed by atoms with Crippen molar-refractivity contribution in [1.29, 1.82) is 0 Å². The highest BCUT2D eigenvalue weighted by atomic mass is 79.9. The van der Waals surface area contributed by atoms with E-state index in [1.807, 2.05) is 24.3 Å². The highest BCUT2D eigenvalue weighted by Gasteiger charge is 2.18. The van der Waals surface area contributed by atoms with Crippen LogP contribution in [0, 0.1) is 0 Å². The van der Waals surface area contributed by atoms with Crippen LogP contribution in [0.2, 0.25) is 10.3 Å². The molecule has 7 heteroatoms. The van der Waals surface area contributed by atoms with Crippen molar-refractivity contribution in [3.8, 4) is 0 Å². The first-order valence-corrected chi connectivity index (χ1v) is 7.21. The number of benzene rings is 1. The normalized spacial score (nSPS) is 10.4. The van der Waals surface area contributed by atoms with Crippen molar-refractivity contribution >= 4 is 45.0 Å². The standard InChI is InChI=1S/C13H10BrCl2N3O/c1-19(7-8-4-2-3-5-10(8)14)13(20)9-6-11(15)17-18-12(9)16/h2-6H,7H2,1H3. The van der Waals surface area contributed by atoms with Crippen LogP contribution >= 0.6 is 39.1 Å². The molecule has 0 aliphatic carbocycles. The number of carbonyl (C=O) groups is 1. The first kappa shape index (κ1) is 15.2. The zero-order valence-corrected chi connectivity index (χ0v) is 13.6. The predicted octanol–water partition coefficient (Wildman–Crippen LogP) is 3.82. The van der Waals surface area contributed by atoms with Gasteiger partial charge in [0.2, 0.25) is 0 Å². The summed E-state index contributed by atoms with van der Waals surface area (Å²) in [6.07, 6.45) is 0. The average molecular weight is 375 g/mol. The van der Waals surface area contributed by atoms with Crippen molar-refractivity contribution in [3.63, 3.8) is 0 Å². The van der Waals surface area contributed by atoms with Gasteiger partial charge in [0.15, 0.2) is 10.3 Å². The molecule has 1 aromatic carbocycles. The maximum Gasteiger partial charge on any atom is 0.257 e. The van der Waals surface area contributed by atoms with Gasteiger partial charge in [-0.2, -0.15) is 0 Å². The number of hydrogen-bond acceptors (Lipinski definition) is 3. The van der Waals surface area contributed by atoms with Gasteiger partial charge in [0.1, 0.15) is 0 Å². The molecule has 1 heterocycles. The average Bonchev–Trinajstić information content (AvgIpc) is 2.43. The van der Waals surface area contributed by atoms with Gasteiger partial charge >= 0.3 is 0 Å². The van der Waals surface area contributed by atoms with Crippen LogP contribution in [-0.2, 0) is 6.54 Å². The summed E-state index contributed by atoms with van der Waals surface area (Å²) in [6, 6.07) is 9.10. The molecule has 0 saturated heterocycles. The van der Waals surface area contributed by atoms with E-state index in [0.29, 0.717) is 6.54 Å². The molecule has 0 saturated carbocycles. The number of aromatic nitrogens is 2. The lowest BCUT2D eigenvalue weighted by atomic mass is 10.2. The largest absolute Gasteiger partial charge is 0.337 e. The second-order valence-corrected chi connectivity index (χ2v) is 5.72. The molecule has 0 spiro atoms. The van der Waals surface area contributed by atoms with Gasteiger partial charge in [-0.3, -0.25) is 4.79 Å². The summed E-state index contributed by atoms with van der Waals surface area (Å²) in [5.74, 6) is -0.262. The van der Waals surface area contributed by atoms with E-state index >= 15 is 0 Å². The lowest BCUT2D eigenvalue weighted by molar-refractivity contribution is 0.0784. The quantitative estimate of drug-likeness (QED) is 0.820. The molecule has 0 fully saturated rings. The highest BCUT2D eigenvalue weighted by molar-refractivity contribution is 9.10. The van der Waals surface area contributed by atoms with Crippen molar-refractivity contribution < 1.29 is 4.79 Å². The van der Waals surface area contributed by atoms with Crippen LogP contribution < -0.4 is 0 Å². The SMILES string of the molecule is CN(Cc1ccccc1Br)C(=O)c1cc(Cl)nnc1Cl. The Hall–Kier alpha value is -1.17. The van der Waals surface area contributed by atoms with Crippen molar-refractivity contribution in [1.82, 2.24) is 15.1 Å². The summed E-state index contributed by atoms with van der Waals surface area (Å²) in [4.78, 5) is 13.9. The monoisotopic (exact) mass is 373 g/mol. The predicted molar refractivity (Wildman–Crippen MR) is 82.0 cm³/mol. The lowest BCUT2D eigenvalue weighted by Gasteiger charge is -2.18. The molecule has 0 N–H and O–H groups in total. The lowest BCUT2D eigenvalue weighted by Crippen LogP contribution is -2.27. The summed E-state index contributed by atoms with van der Waals surface area (Å²) < 4.78 is 0.941. The van der Waals surface area contributed by atoms with Gasteiger partial charge in [-0.25, -0.2) is 0 Å². The Morgan fingerprint density at radius 1 is 1.30 bits per heavy atom. The Kier molecular flexibility index (Phi) is 4.96. The molecule has 0 atom stereocenters. The Morgan fingerprint density at radius 3 is 2.70 bits per heavy atom. The van der Waals surface area contributed by atoms with E-state index in [4.69, 9.17) is 23.2 Å². The molecule has 2 aromatic rings. The van der Waals surface area contributed by atoms with Gasteiger partial charge in [-0.05, 0) is 17.7 Å². The molecule has 1 amide bonds. The van der Waals surface area contributed by atoms with Gasteiger partial charge in [0.25, 0.3) is 5.91 Å². The van der Waals surface area contributed by atoms with Crippen molar-refractivity contribution in [2.75, 3.05) is 7.05 Å². The van der Waals surface area contributed by atoms with E-state index < -0.39 is 0 Å². The summed E-state index contributed by atoms with van der Waals surface area (Å²) in [5, 5.41) is 7.39. The molecule has 0 aliphatic rings. The molecule has 1 aromatic heterocycles. The first-order valence-electron chi connectivity index (χ1n) is 5.66. The van der Waals surface area contributed by atoms with Crippen LogP contribution in [0.25, 0.3) is 0 Å². The van der Waals surface area contributed by atoms with E-state index in [1.165, 1.54) is 6.07 Å². The summed E-state index contributed by atoms with van der Waals surface area (Å²) in [6.45, 7) is 0.441. The molecule has 2 rings (SSSR count). The smallest absolute Gasteiger partial charge is 0.257 e. The third kappa shape index (κ3) is 3.48. The van der Waals surface area contributed by atoms with Crippen LogP contribution in [-0.4, -0.2) is 28.1 Å². The molecule has 4 nitrogen and oxygen atoms in total. The molecule has 0 bridgehead atoms.